The molecule has 0 unspecified atom stereocenters. The van der Waals surface area contributed by atoms with Crippen LogP contribution in [-0.4, -0.2) is 12.6 Å². The summed E-state index contributed by atoms with van der Waals surface area (Å²) in [6, 6.07) is 5.13. The molecule has 1 aromatic rings. The van der Waals surface area contributed by atoms with E-state index in [0.29, 0.717) is 27.8 Å². The van der Waals surface area contributed by atoms with Crippen molar-refractivity contribution in [3.63, 3.8) is 0 Å². The molecule has 0 atom stereocenters. The molecule has 1 rings (SSSR count). The van der Waals surface area contributed by atoms with Gasteiger partial charge in [-0.05, 0) is 40.5 Å². The smallest absolute Gasteiger partial charge is 0.338 e. The second-order valence-corrected chi connectivity index (χ2v) is 3.98. The summed E-state index contributed by atoms with van der Waals surface area (Å²) in [5, 5.41) is 8.83. The second kappa shape index (κ2) is 5.88. The third-order valence-electron chi connectivity index (χ3n) is 1.99. The number of hydrogen-bond acceptors (Lipinski definition) is 3. The Labute approximate surface area is 107 Å². The van der Waals surface area contributed by atoms with Gasteiger partial charge in [0.05, 0.1) is 17.7 Å². The van der Waals surface area contributed by atoms with Crippen LogP contribution in [0.25, 0.3) is 0 Å². The van der Waals surface area contributed by atoms with Crippen LogP contribution in [0.3, 0.4) is 0 Å². The lowest BCUT2D eigenvalue weighted by molar-refractivity contribution is 0.0525. The fourth-order valence-electron chi connectivity index (χ4n) is 1.24. The number of ether oxygens (including phenoxy) is 1. The van der Waals surface area contributed by atoms with Gasteiger partial charge in [-0.2, -0.15) is 5.26 Å². The first kappa shape index (κ1) is 13.0. The Morgan fingerprint density at radius 1 is 1.62 bits per heavy atom. The molecule has 16 heavy (non-hydrogen) atoms. The van der Waals surface area contributed by atoms with Gasteiger partial charge >= 0.3 is 5.97 Å². The number of nitriles is 1. The van der Waals surface area contributed by atoms with Crippen molar-refractivity contribution in [3.8, 4) is 6.07 Å². The summed E-state index contributed by atoms with van der Waals surface area (Å²) in [5.74, 6) is -0.284. The second-order valence-electron chi connectivity index (χ2n) is 2.92. The van der Waals surface area contributed by atoms with E-state index in [2.05, 4.69) is 15.9 Å². The number of alkyl halides is 1. The fraction of sp³-hybridized carbons (Fsp3) is 0.273. The topological polar surface area (TPSA) is 50.1 Å². The van der Waals surface area contributed by atoms with E-state index >= 15 is 0 Å². The van der Waals surface area contributed by atoms with Gasteiger partial charge in [0.1, 0.15) is 6.07 Å². The predicted molar refractivity (Wildman–Crippen MR) is 64.4 cm³/mol. The normalized spacial score (nSPS) is 9.62. The molecule has 0 spiro atoms. The van der Waals surface area contributed by atoms with E-state index in [-0.39, 0.29) is 5.88 Å². The Morgan fingerprint density at radius 3 is 2.81 bits per heavy atom. The zero-order chi connectivity index (χ0) is 12.1. The Kier molecular flexibility index (Phi) is 4.78. The lowest BCUT2D eigenvalue weighted by atomic mass is 10.1. The summed E-state index contributed by atoms with van der Waals surface area (Å²) in [6.45, 7) is 2.04. The van der Waals surface area contributed by atoms with Crippen molar-refractivity contribution >= 4 is 33.5 Å². The van der Waals surface area contributed by atoms with Crippen molar-refractivity contribution in [3.05, 3.63) is 33.3 Å². The molecule has 0 saturated carbocycles. The molecular weight excluding hydrogens is 293 g/mol. The highest BCUT2D eigenvalue weighted by Gasteiger charge is 2.16. The first-order valence-electron chi connectivity index (χ1n) is 4.60. The Balaban J connectivity index is 3.27. The first-order chi connectivity index (χ1) is 7.65. The molecule has 0 aliphatic rings. The molecule has 0 aliphatic carbocycles. The van der Waals surface area contributed by atoms with Gasteiger partial charge in [0, 0.05) is 10.4 Å². The third-order valence-corrected chi connectivity index (χ3v) is 3.17. The highest BCUT2D eigenvalue weighted by atomic mass is 79.9. The molecule has 0 radical (unpaired) electrons. The van der Waals surface area contributed by atoms with Crippen LogP contribution in [0.1, 0.15) is 28.4 Å². The average Bonchev–Trinajstić information content (AvgIpc) is 2.28. The molecule has 3 nitrogen and oxygen atoms in total. The quantitative estimate of drug-likeness (QED) is 0.636. The van der Waals surface area contributed by atoms with Crippen molar-refractivity contribution in [1.29, 1.82) is 5.26 Å². The molecule has 1 aromatic carbocycles. The molecule has 0 saturated heterocycles. The SMILES string of the molecule is CCOC(=O)c1ccc(C#N)c(Br)c1CCl. The van der Waals surface area contributed by atoms with Crippen LogP contribution in [-0.2, 0) is 10.6 Å². The first-order valence-corrected chi connectivity index (χ1v) is 5.93. The molecule has 0 aliphatic heterocycles. The summed E-state index contributed by atoms with van der Waals surface area (Å²) in [7, 11) is 0. The summed E-state index contributed by atoms with van der Waals surface area (Å²) >= 11 is 9.02. The minimum atomic E-state index is -0.427. The zero-order valence-corrected chi connectivity index (χ0v) is 10.9. The van der Waals surface area contributed by atoms with Gasteiger partial charge < -0.3 is 4.74 Å². The van der Waals surface area contributed by atoms with Crippen molar-refractivity contribution < 1.29 is 9.53 Å². The van der Waals surface area contributed by atoms with Crippen LogP contribution >= 0.6 is 27.5 Å². The highest BCUT2D eigenvalue weighted by Crippen LogP contribution is 2.27. The van der Waals surface area contributed by atoms with Crippen LogP contribution in [0.2, 0.25) is 0 Å². The molecule has 0 aromatic heterocycles. The van der Waals surface area contributed by atoms with E-state index in [4.69, 9.17) is 21.6 Å². The Morgan fingerprint density at radius 2 is 2.31 bits per heavy atom. The average molecular weight is 303 g/mol. The Bertz CT molecular complexity index is 454. The standard InChI is InChI=1S/C11H9BrClNO2/c1-2-16-11(15)8-4-3-7(6-14)10(12)9(8)5-13/h3-4H,2,5H2,1H3. The van der Waals surface area contributed by atoms with Crippen LogP contribution in [0.15, 0.2) is 16.6 Å². The number of carbonyl (C=O) groups excluding carboxylic acids is 1. The van der Waals surface area contributed by atoms with Gasteiger partial charge in [0.15, 0.2) is 0 Å². The number of rotatable bonds is 3. The minimum absolute atomic E-state index is 0.143. The molecular formula is C11H9BrClNO2. The van der Waals surface area contributed by atoms with Crippen LogP contribution in [0, 0.1) is 11.3 Å². The molecule has 0 heterocycles. The maximum absolute atomic E-state index is 11.6. The van der Waals surface area contributed by atoms with Crippen LogP contribution < -0.4 is 0 Å². The number of carbonyl (C=O) groups is 1. The Hall–Kier alpha value is -1.05. The van der Waals surface area contributed by atoms with Gasteiger partial charge in [0.25, 0.3) is 0 Å². The molecule has 0 amide bonds. The largest absolute Gasteiger partial charge is 0.462 e. The number of hydrogen-bond donors (Lipinski definition) is 0. The highest BCUT2D eigenvalue weighted by molar-refractivity contribution is 9.10. The molecule has 5 heteroatoms. The summed E-state index contributed by atoms with van der Waals surface area (Å²) < 4.78 is 5.45. The minimum Gasteiger partial charge on any atom is -0.462 e. The number of benzene rings is 1. The fourth-order valence-corrected chi connectivity index (χ4v) is 2.25. The summed E-state index contributed by atoms with van der Waals surface area (Å²) in [5.41, 5.74) is 1.42. The monoisotopic (exact) mass is 301 g/mol. The molecule has 0 bridgehead atoms. The summed E-state index contributed by atoms with van der Waals surface area (Å²) in [6.07, 6.45) is 0. The van der Waals surface area contributed by atoms with Gasteiger partial charge in [-0.3, -0.25) is 0 Å². The van der Waals surface area contributed by atoms with E-state index in [1.165, 1.54) is 0 Å². The molecule has 84 valence electrons. The number of halogens is 2. The predicted octanol–water partition coefficient (Wildman–Crippen LogP) is 3.24. The van der Waals surface area contributed by atoms with Gasteiger partial charge in [-0.15, -0.1) is 11.6 Å². The summed E-state index contributed by atoms with van der Waals surface area (Å²) in [4.78, 5) is 11.6. The number of nitrogens with zero attached hydrogens (tertiary/aromatic N) is 1. The van der Waals surface area contributed by atoms with E-state index in [1.54, 1.807) is 19.1 Å². The van der Waals surface area contributed by atoms with Gasteiger partial charge in [0.2, 0.25) is 0 Å². The van der Waals surface area contributed by atoms with Crippen LogP contribution in [0.5, 0.6) is 0 Å². The molecule has 0 fully saturated rings. The zero-order valence-electron chi connectivity index (χ0n) is 8.59. The van der Waals surface area contributed by atoms with E-state index in [1.807, 2.05) is 6.07 Å². The van der Waals surface area contributed by atoms with Crippen molar-refractivity contribution in [2.45, 2.75) is 12.8 Å². The van der Waals surface area contributed by atoms with Crippen LogP contribution in [0.4, 0.5) is 0 Å². The molecule has 0 N–H and O–H groups in total. The van der Waals surface area contributed by atoms with Crippen molar-refractivity contribution in [2.75, 3.05) is 6.61 Å². The van der Waals surface area contributed by atoms with Crippen molar-refractivity contribution in [2.24, 2.45) is 0 Å². The maximum atomic E-state index is 11.6. The van der Waals surface area contributed by atoms with Gasteiger partial charge in [-0.1, -0.05) is 0 Å². The lowest BCUT2D eigenvalue weighted by Gasteiger charge is -2.09. The van der Waals surface area contributed by atoms with Crippen molar-refractivity contribution in [1.82, 2.24) is 0 Å². The maximum Gasteiger partial charge on any atom is 0.338 e. The lowest BCUT2D eigenvalue weighted by Crippen LogP contribution is -2.08. The van der Waals surface area contributed by atoms with E-state index in [0.717, 1.165) is 0 Å². The number of esters is 1. The van der Waals surface area contributed by atoms with E-state index in [9.17, 15) is 4.79 Å². The van der Waals surface area contributed by atoms with E-state index < -0.39 is 5.97 Å². The van der Waals surface area contributed by atoms with Gasteiger partial charge in [-0.25, -0.2) is 4.79 Å². The third kappa shape index (κ3) is 2.55.